The van der Waals surface area contributed by atoms with Crippen LogP contribution in [0.5, 0.6) is 5.75 Å². The lowest BCUT2D eigenvalue weighted by molar-refractivity contribution is 0.199. The summed E-state index contributed by atoms with van der Waals surface area (Å²) in [4.78, 5) is 4.31. The number of hydrogen-bond donors (Lipinski definition) is 1. The first-order chi connectivity index (χ1) is 10.3. The van der Waals surface area contributed by atoms with Crippen LogP contribution in [0.15, 0.2) is 42.6 Å². The summed E-state index contributed by atoms with van der Waals surface area (Å²) in [5.74, 6) is 0.450. The summed E-state index contributed by atoms with van der Waals surface area (Å²) in [7, 11) is 1.67. The molecule has 0 fully saturated rings. The molecule has 2 aromatic rings. The first-order valence-electron chi connectivity index (χ1n) is 6.80. The second kappa shape index (κ2) is 8.34. The van der Waals surface area contributed by atoms with Gasteiger partial charge in [0.15, 0.2) is 0 Å². The lowest BCUT2D eigenvalue weighted by Gasteiger charge is -2.07. The molecule has 21 heavy (non-hydrogen) atoms. The van der Waals surface area contributed by atoms with Gasteiger partial charge in [0.1, 0.15) is 18.2 Å². The summed E-state index contributed by atoms with van der Waals surface area (Å²) in [5, 5.41) is 3.22. The van der Waals surface area contributed by atoms with Crippen molar-refractivity contribution in [2.45, 2.75) is 13.2 Å². The lowest BCUT2D eigenvalue weighted by Crippen LogP contribution is -2.19. The van der Waals surface area contributed by atoms with Gasteiger partial charge in [-0.25, -0.2) is 4.39 Å². The van der Waals surface area contributed by atoms with Crippen molar-refractivity contribution in [3.05, 3.63) is 59.7 Å². The van der Waals surface area contributed by atoms with Crippen molar-refractivity contribution in [1.82, 2.24) is 10.3 Å². The normalized spacial score (nSPS) is 10.6. The highest BCUT2D eigenvalue weighted by Gasteiger charge is 1.99. The van der Waals surface area contributed by atoms with E-state index >= 15 is 0 Å². The third kappa shape index (κ3) is 5.49. The molecule has 0 aliphatic heterocycles. The van der Waals surface area contributed by atoms with Gasteiger partial charge in [-0.05, 0) is 29.8 Å². The highest BCUT2D eigenvalue weighted by molar-refractivity contribution is 5.21. The molecule has 0 aliphatic rings. The number of methoxy groups -OCH3 is 1. The molecule has 0 aliphatic carbocycles. The van der Waals surface area contributed by atoms with Crippen LogP contribution < -0.4 is 10.1 Å². The molecule has 0 saturated heterocycles. The molecule has 0 atom stereocenters. The molecular formula is C16H19FN2O2. The van der Waals surface area contributed by atoms with E-state index in [1.807, 2.05) is 12.1 Å². The predicted molar refractivity (Wildman–Crippen MR) is 78.6 cm³/mol. The van der Waals surface area contributed by atoms with E-state index in [0.717, 1.165) is 17.8 Å². The second-order valence-electron chi connectivity index (χ2n) is 4.57. The van der Waals surface area contributed by atoms with E-state index in [1.165, 1.54) is 12.1 Å². The minimum absolute atomic E-state index is 0.245. The highest BCUT2D eigenvalue weighted by atomic mass is 19.1. The number of benzene rings is 1. The molecule has 0 radical (unpaired) electrons. The fourth-order valence-corrected chi connectivity index (χ4v) is 1.74. The Labute approximate surface area is 123 Å². The number of rotatable bonds is 8. The number of nitrogens with zero attached hydrogens (tertiary/aromatic N) is 1. The van der Waals surface area contributed by atoms with Gasteiger partial charge in [-0.3, -0.25) is 4.98 Å². The molecule has 1 aromatic heterocycles. The summed E-state index contributed by atoms with van der Waals surface area (Å²) < 4.78 is 23.3. The third-order valence-corrected chi connectivity index (χ3v) is 2.91. The molecule has 2 rings (SSSR count). The maximum absolute atomic E-state index is 12.8. The molecule has 5 heteroatoms. The molecule has 0 unspecified atom stereocenters. The van der Waals surface area contributed by atoms with Crippen molar-refractivity contribution >= 4 is 0 Å². The molecule has 0 bridgehead atoms. The van der Waals surface area contributed by atoms with Gasteiger partial charge in [0.05, 0.1) is 18.5 Å². The van der Waals surface area contributed by atoms with Crippen molar-refractivity contribution in [1.29, 1.82) is 0 Å². The Morgan fingerprint density at radius 3 is 2.62 bits per heavy atom. The minimum atomic E-state index is -0.245. The van der Waals surface area contributed by atoms with E-state index < -0.39 is 0 Å². The standard InChI is InChI=1S/C16H19FN2O2/c1-20-9-8-18-10-15-6-7-16(11-19-15)21-12-13-2-4-14(17)5-3-13/h2-7,11,18H,8-10,12H2,1H3. The van der Waals surface area contributed by atoms with E-state index in [4.69, 9.17) is 9.47 Å². The number of nitrogens with one attached hydrogen (secondary N) is 1. The monoisotopic (exact) mass is 290 g/mol. The van der Waals surface area contributed by atoms with E-state index in [0.29, 0.717) is 25.5 Å². The summed E-state index contributed by atoms with van der Waals surface area (Å²) in [6.07, 6.45) is 1.69. The van der Waals surface area contributed by atoms with Gasteiger partial charge in [-0.15, -0.1) is 0 Å². The zero-order valence-electron chi connectivity index (χ0n) is 12.0. The molecule has 0 saturated carbocycles. The second-order valence-corrected chi connectivity index (χ2v) is 4.57. The number of pyridine rings is 1. The number of halogens is 1. The average Bonchev–Trinajstić information content (AvgIpc) is 2.52. The van der Waals surface area contributed by atoms with Crippen molar-refractivity contribution in [3.63, 3.8) is 0 Å². The number of hydrogen-bond acceptors (Lipinski definition) is 4. The Balaban J connectivity index is 1.78. The van der Waals surface area contributed by atoms with Gasteiger partial charge in [0.2, 0.25) is 0 Å². The Morgan fingerprint density at radius 1 is 1.14 bits per heavy atom. The maximum atomic E-state index is 12.8. The van der Waals surface area contributed by atoms with Gasteiger partial charge in [0.25, 0.3) is 0 Å². The molecule has 0 amide bonds. The quantitative estimate of drug-likeness (QED) is 0.759. The molecule has 1 N–H and O–H groups in total. The van der Waals surface area contributed by atoms with Crippen molar-refractivity contribution in [3.8, 4) is 5.75 Å². The first kappa shape index (κ1) is 15.4. The zero-order valence-corrected chi connectivity index (χ0v) is 12.0. The lowest BCUT2D eigenvalue weighted by atomic mass is 10.2. The Kier molecular flexibility index (Phi) is 6.12. The first-order valence-corrected chi connectivity index (χ1v) is 6.80. The van der Waals surface area contributed by atoms with E-state index in [2.05, 4.69) is 10.3 Å². The van der Waals surface area contributed by atoms with Crippen LogP contribution in [0.1, 0.15) is 11.3 Å². The largest absolute Gasteiger partial charge is 0.487 e. The average molecular weight is 290 g/mol. The molecule has 4 nitrogen and oxygen atoms in total. The van der Waals surface area contributed by atoms with Crippen LogP contribution >= 0.6 is 0 Å². The predicted octanol–water partition coefficient (Wildman–Crippen LogP) is 2.54. The Hall–Kier alpha value is -1.98. The molecular weight excluding hydrogens is 271 g/mol. The highest BCUT2D eigenvalue weighted by Crippen LogP contribution is 2.12. The van der Waals surface area contributed by atoms with Gasteiger partial charge in [-0.2, -0.15) is 0 Å². The SMILES string of the molecule is COCCNCc1ccc(OCc2ccc(F)cc2)cn1. The summed E-state index contributed by atoms with van der Waals surface area (Å²) in [6, 6.07) is 10.1. The van der Waals surface area contributed by atoms with Crippen molar-refractivity contribution in [2.75, 3.05) is 20.3 Å². The van der Waals surface area contributed by atoms with Gasteiger partial charge in [-0.1, -0.05) is 12.1 Å². The maximum Gasteiger partial charge on any atom is 0.138 e. The smallest absolute Gasteiger partial charge is 0.138 e. The van der Waals surface area contributed by atoms with E-state index in [-0.39, 0.29) is 5.82 Å². The molecule has 0 spiro atoms. The summed E-state index contributed by atoms with van der Waals surface area (Å²) in [5.41, 5.74) is 1.86. The van der Waals surface area contributed by atoms with Crippen LogP contribution in [0.4, 0.5) is 4.39 Å². The van der Waals surface area contributed by atoms with Crippen LogP contribution in [0.25, 0.3) is 0 Å². The van der Waals surface area contributed by atoms with Gasteiger partial charge < -0.3 is 14.8 Å². The van der Waals surface area contributed by atoms with Gasteiger partial charge >= 0.3 is 0 Å². The Morgan fingerprint density at radius 2 is 1.95 bits per heavy atom. The number of ether oxygens (including phenoxy) is 2. The van der Waals surface area contributed by atoms with E-state index in [9.17, 15) is 4.39 Å². The zero-order chi connectivity index (χ0) is 14.9. The van der Waals surface area contributed by atoms with Crippen molar-refractivity contribution < 1.29 is 13.9 Å². The summed E-state index contributed by atoms with van der Waals surface area (Å²) in [6.45, 7) is 2.56. The van der Waals surface area contributed by atoms with Crippen molar-refractivity contribution in [2.24, 2.45) is 0 Å². The molecule has 112 valence electrons. The fraction of sp³-hybridized carbons (Fsp3) is 0.312. The van der Waals surface area contributed by atoms with Gasteiger partial charge in [0, 0.05) is 20.2 Å². The molecule has 1 heterocycles. The fourth-order valence-electron chi connectivity index (χ4n) is 1.74. The van der Waals surface area contributed by atoms with Crippen LogP contribution in [0, 0.1) is 5.82 Å². The van der Waals surface area contributed by atoms with Crippen LogP contribution in [0.3, 0.4) is 0 Å². The van der Waals surface area contributed by atoms with Crippen LogP contribution in [-0.2, 0) is 17.9 Å². The minimum Gasteiger partial charge on any atom is -0.487 e. The third-order valence-electron chi connectivity index (χ3n) is 2.91. The topological polar surface area (TPSA) is 43.4 Å². The molecule has 1 aromatic carbocycles. The Bertz CT molecular complexity index is 529. The van der Waals surface area contributed by atoms with Crippen LogP contribution in [-0.4, -0.2) is 25.2 Å². The van der Waals surface area contributed by atoms with E-state index in [1.54, 1.807) is 25.4 Å². The summed E-state index contributed by atoms with van der Waals surface area (Å²) >= 11 is 0. The van der Waals surface area contributed by atoms with Crippen LogP contribution in [0.2, 0.25) is 0 Å². The number of aromatic nitrogens is 1.